The van der Waals surface area contributed by atoms with Crippen molar-refractivity contribution in [1.82, 2.24) is 14.3 Å². The molecule has 7 nitrogen and oxygen atoms in total. The van der Waals surface area contributed by atoms with E-state index in [2.05, 4.69) is 31.0 Å². The normalized spacial score (nSPS) is 11.8. The number of sulfonamides is 1. The molecule has 9 heteroatoms. The van der Waals surface area contributed by atoms with Crippen LogP contribution in [0.3, 0.4) is 0 Å². The molecule has 1 aromatic heterocycles. The summed E-state index contributed by atoms with van der Waals surface area (Å²) in [6.07, 6.45) is 2.06. The van der Waals surface area contributed by atoms with Gasteiger partial charge in [-0.1, -0.05) is 64.0 Å². The minimum absolute atomic E-state index is 0.151. The first-order chi connectivity index (χ1) is 18.6. The second-order valence-corrected chi connectivity index (χ2v) is 12.2. The Hall–Kier alpha value is -3.53. The van der Waals surface area contributed by atoms with Gasteiger partial charge in [0, 0.05) is 33.7 Å². The van der Waals surface area contributed by atoms with Crippen LogP contribution in [0.15, 0.2) is 99.4 Å². The predicted octanol–water partition coefficient (Wildman–Crippen LogP) is 5.55. The largest absolute Gasteiger partial charge is 0.318 e. The minimum atomic E-state index is -3.89. The number of nitrogens with one attached hydrogen (secondary N) is 1. The van der Waals surface area contributed by atoms with E-state index in [1.54, 1.807) is 30.5 Å². The molecule has 4 aromatic rings. The van der Waals surface area contributed by atoms with Crippen LogP contribution < -0.4 is 5.43 Å². The molecule has 0 fully saturated rings. The van der Waals surface area contributed by atoms with Crippen LogP contribution in [0.25, 0.3) is 5.69 Å². The average molecular weight is 608 g/mol. The molecule has 4 rings (SSSR count). The van der Waals surface area contributed by atoms with E-state index in [0.717, 1.165) is 38.2 Å². The second-order valence-electron chi connectivity index (χ2n) is 9.32. The Morgan fingerprint density at radius 2 is 1.64 bits per heavy atom. The zero-order valence-electron chi connectivity index (χ0n) is 22.1. The van der Waals surface area contributed by atoms with E-state index in [0.29, 0.717) is 6.42 Å². The smallest absolute Gasteiger partial charge is 0.255 e. The first-order valence-corrected chi connectivity index (χ1v) is 14.8. The third-order valence-electron chi connectivity index (χ3n) is 6.42. The molecular weight excluding hydrogens is 576 g/mol. The van der Waals surface area contributed by atoms with Gasteiger partial charge in [0.25, 0.3) is 5.91 Å². The van der Waals surface area contributed by atoms with Crippen molar-refractivity contribution < 1.29 is 13.2 Å². The van der Waals surface area contributed by atoms with Gasteiger partial charge in [-0.3, -0.25) is 4.79 Å². The third-order valence-corrected chi connectivity index (χ3v) is 8.81. The summed E-state index contributed by atoms with van der Waals surface area (Å²) < 4.78 is 31.2. The number of hydrazone groups is 1. The quantitative estimate of drug-likeness (QED) is 0.190. The van der Waals surface area contributed by atoms with Gasteiger partial charge in [-0.25, -0.2) is 13.8 Å². The number of halogens is 1. The van der Waals surface area contributed by atoms with E-state index in [1.165, 1.54) is 4.31 Å². The number of benzene rings is 3. The molecule has 0 bridgehead atoms. The van der Waals surface area contributed by atoms with Crippen molar-refractivity contribution in [2.75, 3.05) is 13.1 Å². The van der Waals surface area contributed by atoms with Crippen LogP contribution in [0.5, 0.6) is 0 Å². The SMILES string of the molecule is Cc1ccc(S(=O)(=O)N(CCc2ccccc2)CC(=O)N/N=C/c2cc(C)n(-c3ccc(Br)cc3)c2C)cc1. The van der Waals surface area contributed by atoms with Crippen molar-refractivity contribution in [2.45, 2.75) is 32.1 Å². The molecule has 1 amide bonds. The molecule has 0 aliphatic carbocycles. The summed E-state index contributed by atoms with van der Waals surface area (Å²) in [4.78, 5) is 13.0. The van der Waals surface area contributed by atoms with Gasteiger partial charge >= 0.3 is 0 Å². The number of carbonyl (C=O) groups is 1. The van der Waals surface area contributed by atoms with Crippen LogP contribution in [0.2, 0.25) is 0 Å². The Bertz CT molecular complexity index is 1560. The zero-order chi connectivity index (χ0) is 28.0. The van der Waals surface area contributed by atoms with Crippen molar-refractivity contribution >= 4 is 38.1 Å². The van der Waals surface area contributed by atoms with E-state index in [4.69, 9.17) is 0 Å². The summed E-state index contributed by atoms with van der Waals surface area (Å²) in [6, 6.07) is 26.2. The fourth-order valence-electron chi connectivity index (χ4n) is 4.32. The summed E-state index contributed by atoms with van der Waals surface area (Å²) in [5.41, 5.74) is 8.32. The minimum Gasteiger partial charge on any atom is -0.318 e. The third kappa shape index (κ3) is 7.11. The molecule has 1 N–H and O–H groups in total. The molecule has 3 aromatic carbocycles. The van der Waals surface area contributed by atoms with E-state index in [9.17, 15) is 13.2 Å². The molecule has 1 heterocycles. The monoisotopic (exact) mass is 606 g/mol. The summed E-state index contributed by atoms with van der Waals surface area (Å²) in [7, 11) is -3.89. The fraction of sp³-hybridized carbons (Fsp3) is 0.200. The number of aromatic nitrogens is 1. The Morgan fingerprint density at radius 1 is 0.974 bits per heavy atom. The number of hydrogen-bond acceptors (Lipinski definition) is 4. The van der Waals surface area contributed by atoms with Gasteiger partial charge in [0.15, 0.2) is 0 Å². The average Bonchev–Trinajstić information content (AvgIpc) is 3.20. The Balaban J connectivity index is 1.48. The summed E-state index contributed by atoms with van der Waals surface area (Å²) in [6.45, 7) is 5.69. The fourth-order valence-corrected chi connectivity index (χ4v) is 5.98. The van der Waals surface area contributed by atoms with Crippen LogP contribution in [-0.2, 0) is 21.2 Å². The number of rotatable bonds is 10. The van der Waals surface area contributed by atoms with Crippen LogP contribution in [0.1, 0.15) is 28.1 Å². The van der Waals surface area contributed by atoms with Crippen molar-refractivity contribution in [3.63, 3.8) is 0 Å². The lowest BCUT2D eigenvalue weighted by molar-refractivity contribution is -0.121. The summed E-state index contributed by atoms with van der Waals surface area (Å²) in [5.74, 6) is -0.517. The molecule has 0 radical (unpaired) electrons. The van der Waals surface area contributed by atoms with Gasteiger partial charge in [0.05, 0.1) is 17.7 Å². The molecule has 0 aliphatic heterocycles. The van der Waals surface area contributed by atoms with Gasteiger partial charge in [-0.05, 0) is 75.2 Å². The maximum atomic E-state index is 13.4. The number of hydrogen-bond donors (Lipinski definition) is 1. The lowest BCUT2D eigenvalue weighted by Crippen LogP contribution is -2.40. The number of amides is 1. The predicted molar refractivity (Wildman–Crippen MR) is 159 cm³/mol. The standard InChI is InChI=1S/C30H31BrN4O3S/c1-22-9-15-29(16-10-22)39(37,38)34(18-17-25-7-5-4-6-8-25)21-30(36)33-32-20-26-19-23(2)35(24(26)3)28-13-11-27(31)12-14-28/h4-16,19-20H,17-18,21H2,1-3H3,(H,33,36)/b32-20+. The topological polar surface area (TPSA) is 83.8 Å². The molecule has 0 atom stereocenters. The van der Waals surface area contributed by atoms with Crippen molar-refractivity contribution in [1.29, 1.82) is 0 Å². The Labute approximate surface area is 238 Å². The number of nitrogens with zero attached hydrogens (tertiary/aromatic N) is 3. The van der Waals surface area contributed by atoms with E-state index >= 15 is 0 Å². The van der Waals surface area contributed by atoms with Crippen LogP contribution in [0, 0.1) is 20.8 Å². The van der Waals surface area contributed by atoms with Crippen LogP contribution in [0.4, 0.5) is 0 Å². The highest BCUT2D eigenvalue weighted by atomic mass is 79.9. The van der Waals surface area contributed by atoms with E-state index < -0.39 is 15.9 Å². The van der Waals surface area contributed by atoms with Gasteiger partial charge in [-0.2, -0.15) is 9.41 Å². The first kappa shape index (κ1) is 28.5. The lowest BCUT2D eigenvalue weighted by Gasteiger charge is -2.21. The molecule has 0 saturated heterocycles. The van der Waals surface area contributed by atoms with Gasteiger partial charge in [0.2, 0.25) is 10.0 Å². The highest BCUT2D eigenvalue weighted by Gasteiger charge is 2.26. The molecule has 39 heavy (non-hydrogen) atoms. The van der Waals surface area contributed by atoms with Gasteiger partial charge in [0.1, 0.15) is 0 Å². The maximum absolute atomic E-state index is 13.4. The highest BCUT2D eigenvalue weighted by molar-refractivity contribution is 9.10. The second kappa shape index (κ2) is 12.5. The van der Waals surface area contributed by atoms with Crippen LogP contribution >= 0.6 is 15.9 Å². The number of carbonyl (C=O) groups excluding carboxylic acids is 1. The van der Waals surface area contributed by atoms with Crippen molar-refractivity contribution in [3.8, 4) is 5.69 Å². The first-order valence-electron chi connectivity index (χ1n) is 12.5. The zero-order valence-corrected chi connectivity index (χ0v) is 24.5. The van der Waals surface area contributed by atoms with Crippen molar-refractivity contribution in [2.24, 2.45) is 5.10 Å². The van der Waals surface area contributed by atoms with Gasteiger partial charge < -0.3 is 4.57 Å². The molecule has 202 valence electrons. The summed E-state index contributed by atoms with van der Waals surface area (Å²) in [5, 5.41) is 4.14. The van der Waals surface area contributed by atoms with E-state index in [-0.39, 0.29) is 18.0 Å². The van der Waals surface area contributed by atoms with Crippen molar-refractivity contribution in [3.05, 3.63) is 117 Å². The highest BCUT2D eigenvalue weighted by Crippen LogP contribution is 2.22. The number of aryl methyl sites for hydroxylation is 2. The van der Waals surface area contributed by atoms with E-state index in [1.807, 2.05) is 81.4 Å². The Kier molecular flexibility index (Phi) is 9.16. The molecule has 0 spiro atoms. The van der Waals surface area contributed by atoms with Gasteiger partial charge in [-0.15, -0.1) is 0 Å². The molecular formula is C30H31BrN4O3S. The van der Waals surface area contributed by atoms with Crippen LogP contribution in [-0.4, -0.2) is 42.5 Å². The lowest BCUT2D eigenvalue weighted by atomic mass is 10.1. The Morgan fingerprint density at radius 3 is 2.31 bits per heavy atom. The summed E-state index contributed by atoms with van der Waals surface area (Å²) >= 11 is 3.46. The molecule has 0 saturated carbocycles. The molecule has 0 unspecified atom stereocenters. The maximum Gasteiger partial charge on any atom is 0.255 e. The molecule has 0 aliphatic rings.